The average Bonchev–Trinajstić information content (AvgIpc) is 1.94. The molecule has 0 spiro atoms. The zero-order valence-corrected chi connectivity index (χ0v) is 5.73. The molecule has 0 saturated carbocycles. The highest BCUT2D eigenvalue weighted by Gasteiger charge is 1.81. The fourth-order valence-corrected chi connectivity index (χ4v) is 0.560. The van der Waals surface area contributed by atoms with Gasteiger partial charge in [-0.3, -0.25) is 0 Å². The summed E-state index contributed by atoms with van der Waals surface area (Å²) in [7, 11) is 1.84. The summed E-state index contributed by atoms with van der Waals surface area (Å²) >= 11 is 0. The van der Waals surface area contributed by atoms with Gasteiger partial charge in [0.1, 0.15) is 6.33 Å². The Hall–Kier alpha value is -1.45. The molecule has 0 aromatic carbocycles. The molecule has 0 aliphatic rings. The average molecular weight is 136 g/mol. The van der Waals surface area contributed by atoms with E-state index in [1.54, 1.807) is 17.1 Å². The minimum Gasteiger partial charge on any atom is -0.317 e. The van der Waals surface area contributed by atoms with Crippen LogP contribution in [-0.4, -0.2) is 14.8 Å². The highest BCUT2D eigenvalue weighted by molar-refractivity contribution is 4.74. The van der Waals surface area contributed by atoms with Crippen molar-refractivity contribution in [1.82, 2.24) is 14.8 Å². The number of nitrogens with zero attached hydrogens (tertiary/aromatic N) is 4. The Morgan fingerprint density at radius 3 is 3.10 bits per heavy atom. The van der Waals surface area contributed by atoms with E-state index in [2.05, 4.69) is 21.8 Å². The fourth-order valence-electron chi connectivity index (χ4n) is 0.560. The molecule has 1 aromatic rings. The quantitative estimate of drug-likeness (QED) is 0.539. The summed E-state index contributed by atoms with van der Waals surface area (Å²) in [6.07, 6.45) is 4.63. The third-order valence-corrected chi connectivity index (χ3v) is 1.05. The molecule has 4 nitrogen and oxygen atoms in total. The normalized spacial score (nSPS) is 11.5. The Labute approximate surface area is 58.6 Å². The molecule has 10 heavy (non-hydrogen) atoms. The second-order valence-corrected chi connectivity index (χ2v) is 1.76. The second-order valence-electron chi connectivity index (χ2n) is 1.76. The van der Waals surface area contributed by atoms with Crippen LogP contribution in [0.5, 0.6) is 0 Å². The summed E-state index contributed by atoms with van der Waals surface area (Å²) in [5.74, 6) is 0. The van der Waals surface area contributed by atoms with E-state index in [0.717, 1.165) is 5.49 Å². The predicted octanol–water partition coefficient (Wildman–Crippen LogP) is -0.141. The van der Waals surface area contributed by atoms with Gasteiger partial charge in [0.05, 0.1) is 6.20 Å². The summed E-state index contributed by atoms with van der Waals surface area (Å²) in [6, 6.07) is 0. The molecule has 1 rings (SSSR count). The largest absolute Gasteiger partial charge is 0.317 e. The molecule has 0 saturated heterocycles. The van der Waals surface area contributed by atoms with Crippen LogP contribution in [0.4, 0.5) is 0 Å². The van der Waals surface area contributed by atoms with E-state index >= 15 is 0 Å². The third kappa shape index (κ3) is 1.28. The molecular weight excluding hydrogens is 128 g/mol. The third-order valence-electron chi connectivity index (χ3n) is 1.05. The van der Waals surface area contributed by atoms with E-state index in [0.29, 0.717) is 0 Å². The number of hydrogen-bond donors (Lipinski definition) is 0. The lowest BCUT2D eigenvalue weighted by atomic mass is 10.7. The van der Waals surface area contributed by atoms with Crippen molar-refractivity contribution in [2.45, 2.75) is 0 Å². The van der Waals surface area contributed by atoms with Gasteiger partial charge in [0.25, 0.3) is 0 Å². The zero-order valence-electron chi connectivity index (χ0n) is 5.73. The van der Waals surface area contributed by atoms with Gasteiger partial charge in [-0.2, -0.15) is 5.10 Å². The maximum atomic E-state index is 3.93. The lowest BCUT2D eigenvalue weighted by molar-refractivity contribution is 0.755. The summed E-state index contributed by atoms with van der Waals surface area (Å²) < 4.78 is 1.76. The molecular formula is C6H8N4. The molecule has 0 amide bonds. The summed E-state index contributed by atoms with van der Waals surface area (Å²) in [6.45, 7) is 3.47. The molecule has 1 aromatic heterocycles. The van der Waals surface area contributed by atoms with Crippen LogP contribution in [0, 0.1) is 0 Å². The Kier molecular flexibility index (Phi) is 1.94. The number of hydrogen-bond acceptors (Lipinski definition) is 3. The van der Waals surface area contributed by atoms with E-state index in [9.17, 15) is 0 Å². The van der Waals surface area contributed by atoms with Crippen molar-refractivity contribution in [2.75, 3.05) is 0 Å². The summed E-state index contributed by atoms with van der Waals surface area (Å²) in [5, 5.41) is 7.30. The molecule has 4 heteroatoms. The SMILES string of the molecule is C=CN=c1cnncn1C. The highest BCUT2D eigenvalue weighted by Crippen LogP contribution is 1.66. The van der Waals surface area contributed by atoms with E-state index < -0.39 is 0 Å². The lowest BCUT2D eigenvalue weighted by Crippen LogP contribution is -2.17. The molecule has 0 aliphatic carbocycles. The maximum Gasteiger partial charge on any atom is 0.153 e. The van der Waals surface area contributed by atoms with Crippen molar-refractivity contribution in [2.24, 2.45) is 12.0 Å². The molecule has 0 N–H and O–H groups in total. The van der Waals surface area contributed by atoms with Gasteiger partial charge in [0, 0.05) is 13.2 Å². The first-order valence-corrected chi connectivity index (χ1v) is 2.82. The van der Waals surface area contributed by atoms with Gasteiger partial charge in [-0.15, -0.1) is 5.10 Å². The van der Waals surface area contributed by atoms with Gasteiger partial charge < -0.3 is 4.57 Å². The lowest BCUT2D eigenvalue weighted by Gasteiger charge is -1.92. The standard InChI is InChI=1S/C6H8N4/c1-3-7-6-4-8-9-5-10(6)2/h3-5H,1H2,2H3. The predicted molar refractivity (Wildman–Crippen MR) is 36.8 cm³/mol. The Morgan fingerprint density at radius 2 is 2.50 bits per heavy atom. The molecule has 0 atom stereocenters. The van der Waals surface area contributed by atoms with E-state index in [1.165, 1.54) is 6.20 Å². The number of aromatic nitrogens is 3. The maximum absolute atomic E-state index is 3.93. The van der Waals surface area contributed by atoms with Gasteiger partial charge in [-0.1, -0.05) is 6.58 Å². The van der Waals surface area contributed by atoms with Crippen molar-refractivity contribution in [1.29, 1.82) is 0 Å². The van der Waals surface area contributed by atoms with Crippen molar-refractivity contribution >= 4 is 0 Å². The monoisotopic (exact) mass is 136 g/mol. The Bertz CT molecular complexity index is 286. The van der Waals surface area contributed by atoms with Crippen LogP contribution in [0.2, 0.25) is 0 Å². The molecule has 1 heterocycles. The van der Waals surface area contributed by atoms with Gasteiger partial charge in [0.15, 0.2) is 5.49 Å². The van der Waals surface area contributed by atoms with Crippen LogP contribution >= 0.6 is 0 Å². The minimum atomic E-state index is 0.741. The Balaban J connectivity index is 3.28. The topological polar surface area (TPSA) is 43.1 Å². The van der Waals surface area contributed by atoms with Crippen LogP contribution in [0.25, 0.3) is 0 Å². The summed E-state index contributed by atoms with van der Waals surface area (Å²) in [5.41, 5.74) is 0.741. The van der Waals surface area contributed by atoms with Crippen molar-refractivity contribution in [3.05, 3.63) is 30.8 Å². The van der Waals surface area contributed by atoms with Crippen LogP contribution in [-0.2, 0) is 7.05 Å². The van der Waals surface area contributed by atoms with E-state index in [1.807, 2.05) is 7.05 Å². The van der Waals surface area contributed by atoms with Crippen LogP contribution in [0.15, 0.2) is 30.3 Å². The van der Waals surface area contributed by atoms with Crippen molar-refractivity contribution < 1.29 is 0 Å². The van der Waals surface area contributed by atoms with Crippen LogP contribution in [0.1, 0.15) is 0 Å². The smallest absolute Gasteiger partial charge is 0.153 e. The van der Waals surface area contributed by atoms with Gasteiger partial charge >= 0.3 is 0 Å². The van der Waals surface area contributed by atoms with Crippen molar-refractivity contribution in [3.8, 4) is 0 Å². The van der Waals surface area contributed by atoms with Crippen molar-refractivity contribution in [3.63, 3.8) is 0 Å². The molecule has 0 aliphatic heterocycles. The van der Waals surface area contributed by atoms with E-state index in [-0.39, 0.29) is 0 Å². The number of rotatable bonds is 1. The van der Waals surface area contributed by atoms with Gasteiger partial charge in [0.2, 0.25) is 0 Å². The van der Waals surface area contributed by atoms with Crippen LogP contribution < -0.4 is 5.49 Å². The second kappa shape index (κ2) is 2.91. The fraction of sp³-hybridized carbons (Fsp3) is 0.167. The molecule has 0 fully saturated rings. The molecule has 0 unspecified atom stereocenters. The molecule has 0 radical (unpaired) electrons. The molecule has 52 valence electrons. The first kappa shape index (κ1) is 6.67. The van der Waals surface area contributed by atoms with Gasteiger partial charge in [-0.25, -0.2) is 4.99 Å². The van der Waals surface area contributed by atoms with E-state index in [4.69, 9.17) is 0 Å². The Morgan fingerprint density at radius 1 is 1.70 bits per heavy atom. The molecule has 0 bridgehead atoms. The first-order valence-electron chi connectivity index (χ1n) is 2.82. The summed E-state index contributed by atoms with van der Waals surface area (Å²) in [4.78, 5) is 3.93. The first-order chi connectivity index (χ1) is 4.84. The zero-order chi connectivity index (χ0) is 7.40. The van der Waals surface area contributed by atoms with Gasteiger partial charge in [-0.05, 0) is 0 Å². The number of aryl methyl sites for hydroxylation is 1. The highest BCUT2D eigenvalue weighted by atomic mass is 15.2. The van der Waals surface area contributed by atoms with Crippen LogP contribution in [0.3, 0.4) is 0 Å². The minimum absolute atomic E-state index is 0.741.